The van der Waals surface area contributed by atoms with Gasteiger partial charge in [0.2, 0.25) is 0 Å². The van der Waals surface area contributed by atoms with E-state index in [1.807, 2.05) is 12.3 Å². The maximum Gasteiger partial charge on any atom is 0.177 e. The summed E-state index contributed by atoms with van der Waals surface area (Å²) in [5, 5.41) is 2.48. The molecule has 0 aromatic carbocycles. The first-order valence-corrected chi connectivity index (χ1v) is 5.73. The number of hydrogen-bond donors (Lipinski definition) is 0. The molecule has 13 heavy (non-hydrogen) atoms. The standard InChI is InChI=1S/C10H11ClOS/c1-6(7-2-3-7)9(12)10-8(11)4-5-13-10/h4-7H,2-3H2,1H3. The van der Waals surface area contributed by atoms with Crippen molar-refractivity contribution in [2.45, 2.75) is 19.8 Å². The summed E-state index contributed by atoms with van der Waals surface area (Å²) in [5.74, 6) is 1.00. The Balaban J connectivity index is 2.16. The van der Waals surface area contributed by atoms with Crippen molar-refractivity contribution in [3.8, 4) is 0 Å². The topological polar surface area (TPSA) is 17.1 Å². The zero-order valence-corrected chi connectivity index (χ0v) is 8.99. The average Bonchev–Trinajstić information content (AvgIpc) is 2.87. The van der Waals surface area contributed by atoms with E-state index in [1.54, 1.807) is 6.07 Å². The second-order valence-electron chi connectivity index (χ2n) is 3.59. The molecule has 1 nitrogen and oxygen atoms in total. The average molecular weight is 215 g/mol. The van der Waals surface area contributed by atoms with Crippen molar-refractivity contribution in [2.24, 2.45) is 11.8 Å². The molecule has 1 aliphatic rings. The Bertz CT molecular complexity index is 327. The Kier molecular flexibility index (Phi) is 2.43. The van der Waals surface area contributed by atoms with Crippen LogP contribution in [0.2, 0.25) is 5.02 Å². The quantitative estimate of drug-likeness (QED) is 0.703. The van der Waals surface area contributed by atoms with Gasteiger partial charge in [0.05, 0.1) is 9.90 Å². The summed E-state index contributed by atoms with van der Waals surface area (Å²) in [4.78, 5) is 12.6. The van der Waals surface area contributed by atoms with Gasteiger partial charge in [-0.3, -0.25) is 4.79 Å². The highest BCUT2D eigenvalue weighted by Gasteiger charge is 2.33. The third kappa shape index (κ3) is 1.79. The van der Waals surface area contributed by atoms with Crippen LogP contribution in [0, 0.1) is 11.8 Å². The molecule has 1 aromatic rings. The highest BCUT2D eigenvalue weighted by molar-refractivity contribution is 7.12. The molecular formula is C10H11ClOS. The summed E-state index contributed by atoms with van der Waals surface area (Å²) < 4.78 is 0. The third-order valence-electron chi connectivity index (χ3n) is 2.58. The highest BCUT2D eigenvalue weighted by atomic mass is 35.5. The van der Waals surface area contributed by atoms with Crippen LogP contribution in [0.25, 0.3) is 0 Å². The van der Waals surface area contributed by atoms with Gasteiger partial charge in [0.25, 0.3) is 0 Å². The van der Waals surface area contributed by atoms with E-state index in [2.05, 4.69) is 0 Å². The van der Waals surface area contributed by atoms with Crippen molar-refractivity contribution in [3.63, 3.8) is 0 Å². The number of rotatable bonds is 3. The molecule has 3 heteroatoms. The van der Waals surface area contributed by atoms with Crippen molar-refractivity contribution < 1.29 is 4.79 Å². The predicted molar refractivity (Wildman–Crippen MR) is 55.5 cm³/mol. The Morgan fingerprint density at radius 2 is 2.38 bits per heavy atom. The van der Waals surface area contributed by atoms with Gasteiger partial charge in [-0.05, 0) is 30.2 Å². The molecule has 1 aromatic heterocycles. The maximum absolute atomic E-state index is 11.8. The van der Waals surface area contributed by atoms with E-state index >= 15 is 0 Å². The molecule has 0 radical (unpaired) electrons. The van der Waals surface area contributed by atoms with Gasteiger partial charge >= 0.3 is 0 Å². The number of thiophene rings is 1. The number of ketones is 1. The first-order valence-electron chi connectivity index (χ1n) is 4.47. The lowest BCUT2D eigenvalue weighted by molar-refractivity contribution is 0.0920. The fourth-order valence-electron chi connectivity index (χ4n) is 1.49. The number of Topliss-reactive ketones (excluding diaryl/α,β-unsaturated/α-hetero) is 1. The highest BCUT2D eigenvalue weighted by Crippen LogP contribution is 2.39. The number of hydrogen-bond acceptors (Lipinski definition) is 2. The van der Waals surface area contributed by atoms with Gasteiger partial charge in [-0.25, -0.2) is 0 Å². The molecule has 1 atom stereocenters. The Morgan fingerprint density at radius 1 is 1.69 bits per heavy atom. The first kappa shape index (κ1) is 9.22. The van der Waals surface area contributed by atoms with Gasteiger partial charge in [0.15, 0.2) is 5.78 Å². The van der Waals surface area contributed by atoms with E-state index in [0.717, 1.165) is 4.88 Å². The minimum atomic E-state index is 0.163. The fourth-order valence-corrected chi connectivity index (χ4v) is 2.67. The van der Waals surface area contributed by atoms with E-state index in [0.29, 0.717) is 10.9 Å². The maximum atomic E-state index is 11.8. The molecule has 1 heterocycles. The monoisotopic (exact) mass is 214 g/mol. The molecule has 0 aliphatic heterocycles. The van der Waals surface area contributed by atoms with Crippen molar-refractivity contribution in [1.82, 2.24) is 0 Å². The van der Waals surface area contributed by atoms with E-state index in [1.165, 1.54) is 24.2 Å². The van der Waals surface area contributed by atoms with E-state index in [4.69, 9.17) is 11.6 Å². The molecule has 1 unspecified atom stereocenters. The fraction of sp³-hybridized carbons (Fsp3) is 0.500. The van der Waals surface area contributed by atoms with Crippen LogP contribution in [0.5, 0.6) is 0 Å². The summed E-state index contributed by atoms with van der Waals surface area (Å²) in [7, 11) is 0. The van der Waals surface area contributed by atoms with E-state index in [-0.39, 0.29) is 11.7 Å². The molecule has 0 amide bonds. The van der Waals surface area contributed by atoms with Crippen LogP contribution in [0.4, 0.5) is 0 Å². The summed E-state index contributed by atoms with van der Waals surface area (Å²) in [6, 6.07) is 1.79. The molecule has 1 aliphatic carbocycles. The van der Waals surface area contributed by atoms with Crippen molar-refractivity contribution >= 4 is 28.7 Å². The zero-order chi connectivity index (χ0) is 9.42. The lowest BCUT2D eigenvalue weighted by atomic mass is 10.00. The Hall–Kier alpha value is -0.340. The molecule has 0 bridgehead atoms. The SMILES string of the molecule is CC(C(=O)c1sccc1Cl)C1CC1. The molecule has 1 saturated carbocycles. The van der Waals surface area contributed by atoms with Gasteiger partial charge in [0, 0.05) is 5.92 Å². The van der Waals surface area contributed by atoms with Gasteiger partial charge in [-0.15, -0.1) is 11.3 Å². The van der Waals surface area contributed by atoms with Crippen LogP contribution in [0.3, 0.4) is 0 Å². The van der Waals surface area contributed by atoms with Gasteiger partial charge in [-0.2, -0.15) is 0 Å². The largest absolute Gasteiger partial charge is 0.293 e. The normalized spacial score (nSPS) is 18.6. The number of carbonyl (C=O) groups is 1. The minimum absolute atomic E-state index is 0.163. The second-order valence-corrected chi connectivity index (χ2v) is 4.91. The Morgan fingerprint density at radius 3 is 2.85 bits per heavy atom. The van der Waals surface area contributed by atoms with Crippen LogP contribution >= 0.6 is 22.9 Å². The van der Waals surface area contributed by atoms with Crippen molar-refractivity contribution in [1.29, 1.82) is 0 Å². The lowest BCUT2D eigenvalue weighted by Gasteiger charge is -2.06. The number of carbonyl (C=O) groups excluding carboxylic acids is 1. The summed E-state index contributed by atoms with van der Waals surface area (Å²) in [6.07, 6.45) is 2.41. The van der Waals surface area contributed by atoms with Crippen molar-refractivity contribution in [2.75, 3.05) is 0 Å². The van der Waals surface area contributed by atoms with Crippen LogP contribution in [0.15, 0.2) is 11.4 Å². The zero-order valence-electron chi connectivity index (χ0n) is 7.42. The van der Waals surface area contributed by atoms with E-state index < -0.39 is 0 Å². The van der Waals surface area contributed by atoms with Gasteiger partial charge in [-0.1, -0.05) is 18.5 Å². The Labute approximate surface area is 86.7 Å². The first-order chi connectivity index (χ1) is 6.20. The van der Waals surface area contributed by atoms with Gasteiger partial charge in [0.1, 0.15) is 0 Å². The molecule has 0 spiro atoms. The van der Waals surface area contributed by atoms with Crippen LogP contribution in [-0.2, 0) is 0 Å². The minimum Gasteiger partial charge on any atom is -0.293 e. The van der Waals surface area contributed by atoms with Crippen LogP contribution in [-0.4, -0.2) is 5.78 Å². The third-order valence-corrected chi connectivity index (χ3v) is 3.94. The molecular weight excluding hydrogens is 204 g/mol. The predicted octanol–water partition coefficient (Wildman–Crippen LogP) is 3.63. The van der Waals surface area contributed by atoms with Crippen molar-refractivity contribution in [3.05, 3.63) is 21.3 Å². The van der Waals surface area contributed by atoms with E-state index in [9.17, 15) is 4.79 Å². The molecule has 1 fully saturated rings. The summed E-state index contributed by atoms with van der Waals surface area (Å²) in [6.45, 7) is 2.01. The van der Waals surface area contributed by atoms with Gasteiger partial charge < -0.3 is 0 Å². The second kappa shape index (κ2) is 3.43. The van der Waals surface area contributed by atoms with Crippen LogP contribution in [0.1, 0.15) is 29.4 Å². The lowest BCUT2D eigenvalue weighted by Crippen LogP contribution is -2.11. The molecule has 2 rings (SSSR count). The van der Waals surface area contributed by atoms with Crippen LogP contribution < -0.4 is 0 Å². The number of halogens is 1. The molecule has 0 saturated heterocycles. The summed E-state index contributed by atoms with van der Waals surface area (Å²) in [5.41, 5.74) is 0. The smallest absolute Gasteiger partial charge is 0.177 e. The molecule has 0 N–H and O–H groups in total. The summed E-state index contributed by atoms with van der Waals surface area (Å²) >= 11 is 7.34. The molecule has 70 valence electrons.